The molecule has 0 aliphatic carbocycles. The largest absolute Gasteiger partial charge is 0.387 e. The van der Waals surface area contributed by atoms with Crippen LogP contribution in [0.5, 0.6) is 0 Å². The van der Waals surface area contributed by atoms with Gasteiger partial charge in [-0.05, 0) is 6.42 Å². The zero-order valence-electron chi connectivity index (χ0n) is 11.2. The van der Waals surface area contributed by atoms with Crippen LogP contribution in [0, 0.1) is 0 Å². The fraction of sp³-hybridized carbons (Fsp3) is 0.500. The quantitative estimate of drug-likeness (QED) is 0.739. The van der Waals surface area contributed by atoms with Gasteiger partial charge in [-0.2, -0.15) is 5.10 Å². The maximum absolute atomic E-state index is 14.3. The molecule has 4 heterocycles. The smallest absolute Gasteiger partial charge is 0.186 e. The Morgan fingerprint density at radius 1 is 1.29 bits per heavy atom. The number of ether oxygens (including phenoxy) is 1. The Morgan fingerprint density at radius 2 is 2.14 bits per heavy atom. The van der Waals surface area contributed by atoms with Crippen LogP contribution in [0.4, 0.5) is 4.39 Å². The fourth-order valence-corrected chi connectivity index (χ4v) is 2.71. The first kappa shape index (κ1) is 12.6. The van der Waals surface area contributed by atoms with Crippen LogP contribution in [0.1, 0.15) is 19.6 Å². The lowest BCUT2D eigenvalue weighted by molar-refractivity contribution is -0.0238. The van der Waals surface area contributed by atoms with Crippen molar-refractivity contribution in [2.45, 2.75) is 38.0 Å². The highest BCUT2D eigenvalue weighted by atomic mass is 19.1. The molecule has 1 aliphatic heterocycles. The number of hydrogen-bond acceptors (Lipinski definition) is 6. The summed E-state index contributed by atoms with van der Waals surface area (Å²) < 4.78 is 22.9. The van der Waals surface area contributed by atoms with Gasteiger partial charge in [-0.25, -0.2) is 23.9 Å². The van der Waals surface area contributed by atoms with Crippen molar-refractivity contribution >= 4 is 16.8 Å². The van der Waals surface area contributed by atoms with E-state index in [1.165, 1.54) is 28.1 Å². The fourth-order valence-electron chi connectivity index (χ4n) is 2.71. The van der Waals surface area contributed by atoms with E-state index < -0.39 is 24.6 Å². The van der Waals surface area contributed by atoms with Crippen LogP contribution in [-0.2, 0) is 4.74 Å². The van der Waals surface area contributed by atoms with Gasteiger partial charge in [0, 0.05) is 0 Å². The van der Waals surface area contributed by atoms with Crippen molar-refractivity contribution in [2.24, 2.45) is 0 Å². The van der Waals surface area contributed by atoms with Crippen LogP contribution in [0.2, 0.25) is 0 Å². The Hall–Kier alpha value is -2.13. The van der Waals surface area contributed by atoms with Crippen molar-refractivity contribution < 1.29 is 14.2 Å². The Bertz CT molecular complexity index is 801. The van der Waals surface area contributed by atoms with E-state index in [1.54, 1.807) is 0 Å². The van der Waals surface area contributed by atoms with Crippen LogP contribution in [0.25, 0.3) is 16.8 Å². The molecule has 4 rings (SSSR count). The van der Waals surface area contributed by atoms with Crippen molar-refractivity contribution in [3.05, 3.63) is 19.0 Å². The van der Waals surface area contributed by atoms with Crippen LogP contribution < -0.4 is 0 Å². The first-order chi connectivity index (χ1) is 10.2. The minimum absolute atomic E-state index is 0.451. The Morgan fingerprint density at radius 3 is 2.90 bits per heavy atom. The second-order valence-corrected chi connectivity index (χ2v) is 5.01. The molecular weight excluding hydrogens is 279 g/mol. The lowest BCUT2D eigenvalue weighted by Gasteiger charge is -2.14. The average Bonchev–Trinajstić information content (AvgIpc) is 3.17. The van der Waals surface area contributed by atoms with Gasteiger partial charge in [-0.1, -0.05) is 6.92 Å². The third-order valence-electron chi connectivity index (χ3n) is 3.81. The van der Waals surface area contributed by atoms with Crippen LogP contribution in [-0.4, -0.2) is 52.6 Å². The molecule has 0 aromatic carbocycles. The highest BCUT2D eigenvalue weighted by molar-refractivity contribution is 5.84. The summed E-state index contributed by atoms with van der Waals surface area (Å²) >= 11 is 0. The summed E-state index contributed by atoms with van der Waals surface area (Å²) in [5.74, 6) is 0. The highest BCUT2D eigenvalue weighted by Crippen LogP contribution is 2.34. The van der Waals surface area contributed by atoms with Gasteiger partial charge in [0.25, 0.3) is 0 Å². The lowest BCUT2D eigenvalue weighted by atomic mass is 10.1. The van der Waals surface area contributed by atoms with Crippen molar-refractivity contribution in [2.75, 3.05) is 0 Å². The molecule has 3 aromatic rings. The standard InChI is InChI=1S/C12H13FN6O2/c1-2-6-9(20)7(13)12(21-6)18-4-15-8-10(18)16-5-19-11(8)14-3-17-19/h3-7,9,12,20H,2H2,1H3/t6-,7-,9-,12-/m1/s1. The number of aliphatic hydroxyl groups excluding tert-OH is 1. The number of aromatic nitrogens is 6. The molecule has 0 unspecified atom stereocenters. The highest BCUT2D eigenvalue weighted by Gasteiger charge is 2.44. The topological polar surface area (TPSA) is 90.4 Å². The summed E-state index contributed by atoms with van der Waals surface area (Å²) in [6, 6.07) is 0. The number of imidazole rings is 1. The van der Waals surface area contributed by atoms with E-state index in [-0.39, 0.29) is 0 Å². The molecule has 1 N–H and O–H groups in total. The number of halogens is 1. The van der Waals surface area contributed by atoms with Gasteiger partial charge in [-0.15, -0.1) is 0 Å². The molecule has 1 aliphatic rings. The van der Waals surface area contributed by atoms with Crippen LogP contribution in [0.3, 0.4) is 0 Å². The predicted molar refractivity (Wildman–Crippen MR) is 69.2 cm³/mol. The van der Waals surface area contributed by atoms with Gasteiger partial charge in [0.2, 0.25) is 0 Å². The molecular formula is C12H13FN6O2. The summed E-state index contributed by atoms with van der Waals surface area (Å²) in [5.41, 5.74) is 1.51. The molecule has 3 aromatic heterocycles. The minimum Gasteiger partial charge on any atom is -0.387 e. The van der Waals surface area contributed by atoms with Gasteiger partial charge in [0.05, 0.1) is 12.4 Å². The number of nitrogens with zero attached hydrogens (tertiary/aromatic N) is 6. The second kappa shape index (κ2) is 4.43. The minimum atomic E-state index is -1.52. The van der Waals surface area contributed by atoms with E-state index in [0.29, 0.717) is 23.2 Å². The van der Waals surface area contributed by atoms with Crippen LogP contribution >= 0.6 is 0 Å². The van der Waals surface area contributed by atoms with E-state index in [2.05, 4.69) is 20.1 Å². The third kappa shape index (κ3) is 1.67. The molecule has 110 valence electrons. The van der Waals surface area contributed by atoms with E-state index in [1.807, 2.05) is 6.92 Å². The second-order valence-electron chi connectivity index (χ2n) is 5.01. The maximum Gasteiger partial charge on any atom is 0.186 e. The molecule has 1 fully saturated rings. The first-order valence-corrected chi connectivity index (χ1v) is 6.69. The molecule has 0 spiro atoms. The Balaban J connectivity index is 1.84. The van der Waals surface area contributed by atoms with E-state index >= 15 is 0 Å². The molecule has 0 radical (unpaired) electrons. The van der Waals surface area contributed by atoms with Crippen molar-refractivity contribution in [1.82, 2.24) is 29.1 Å². The van der Waals surface area contributed by atoms with E-state index in [4.69, 9.17) is 4.74 Å². The van der Waals surface area contributed by atoms with Crippen molar-refractivity contribution in [3.8, 4) is 0 Å². The van der Waals surface area contributed by atoms with Gasteiger partial charge < -0.3 is 9.84 Å². The number of rotatable bonds is 2. The van der Waals surface area contributed by atoms with Gasteiger partial charge in [-0.3, -0.25) is 4.57 Å². The maximum atomic E-state index is 14.3. The summed E-state index contributed by atoms with van der Waals surface area (Å²) in [4.78, 5) is 12.6. The molecule has 21 heavy (non-hydrogen) atoms. The molecule has 0 saturated carbocycles. The summed E-state index contributed by atoms with van der Waals surface area (Å²) in [6.45, 7) is 1.84. The molecule has 0 amide bonds. The molecule has 9 heteroatoms. The van der Waals surface area contributed by atoms with Crippen molar-refractivity contribution in [1.29, 1.82) is 0 Å². The number of aliphatic hydroxyl groups is 1. The molecule has 8 nitrogen and oxygen atoms in total. The van der Waals surface area contributed by atoms with E-state index in [9.17, 15) is 9.50 Å². The number of alkyl halides is 1. The Labute approximate surface area is 118 Å². The lowest BCUT2D eigenvalue weighted by Crippen LogP contribution is -2.27. The summed E-state index contributed by atoms with van der Waals surface area (Å²) in [7, 11) is 0. The number of fused-ring (bicyclic) bond motifs is 3. The summed E-state index contributed by atoms with van der Waals surface area (Å²) in [5, 5.41) is 13.8. The van der Waals surface area contributed by atoms with Crippen molar-refractivity contribution in [3.63, 3.8) is 0 Å². The van der Waals surface area contributed by atoms with Gasteiger partial charge >= 0.3 is 0 Å². The SMILES string of the molecule is CC[C@H]1O[C@@H](n2cnc3c2ncn2ncnc32)[C@H](F)[C@@H]1O. The molecule has 0 bridgehead atoms. The Kier molecular flexibility index (Phi) is 2.66. The van der Waals surface area contributed by atoms with Crippen LogP contribution in [0.15, 0.2) is 19.0 Å². The van der Waals surface area contributed by atoms with E-state index in [0.717, 1.165) is 0 Å². The number of hydrogen-bond donors (Lipinski definition) is 1. The van der Waals surface area contributed by atoms with Gasteiger partial charge in [0.15, 0.2) is 29.2 Å². The zero-order chi connectivity index (χ0) is 14.6. The average molecular weight is 292 g/mol. The predicted octanol–water partition coefficient (Wildman–Crippen LogP) is 0.480. The monoisotopic (exact) mass is 292 g/mol. The summed E-state index contributed by atoms with van der Waals surface area (Å²) in [6.07, 6.45) is 0.736. The third-order valence-corrected chi connectivity index (χ3v) is 3.81. The zero-order valence-corrected chi connectivity index (χ0v) is 11.2. The molecule has 4 atom stereocenters. The van der Waals surface area contributed by atoms with Gasteiger partial charge in [0.1, 0.15) is 18.8 Å². The first-order valence-electron chi connectivity index (χ1n) is 6.69. The molecule has 1 saturated heterocycles. The normalized spacial score (nSPS) is 29.7.